The van der Waals surface area contributed by atoms with E-state index >= 15 is 0 Å². The first-order chi connectivity index (χ1) is 17.8. The number of hydrogen-bond donors (Lipinski definition) is 2. The third-order valence-electron chi connectivity index (χ3n) is 5.34. The molecule has 2 aromatic heterocycles. The van der Waals surface area contributed by atoms with Crippen LogP contribution in [0.15, 0.2) is 53.0 Å². The Morgan fingerprint density at radius 1 is 1.11 bits per heavy atom. The van der Waals surface area contributed by atoms with Crippen molar-refractivity contribution in [2.45, 2.75) is 4.90 Å². The number of nitrogens with one attached hydrogen (secondary N) is 2. The summed E-state index contributed by atoms with van der Waals surface area (Å²) in [5, 5.41) is 10.7. The van der Waals surface area contributed by atoms with E-state index in [2.05, 4.69) is 35.1 Å². The summed E-state index contributed by atoms with van der Waals surface area (Å²) in [5.41, 5.74) is 2.40. The molecule has 0 amide bonds. The maximum Gasteiger partial charge on any atom is 0.266 e. The summed E-state index contributed by atoms with van der Waals surface area (Å²) in [6.45, 7) is 3.18. The standard InChI is InChI=1S/C22H18Cl2FN7O3S2/c23-13-1-2-18(14(9-13)17-3-4-27-21(29-17)32-7-5-26-6-8-32)35-19-11-16(25)20(10-15(19)24)37(33,34)31-22-30-28-12-36-22/h1-4,9-12,26H,5-8H2,(H,30,31). The zero-order valence-electron chi connectivity index (χ0n) is 18.9. The molecule has 37 heavy (non-hydrogen) atoms. The molecule has 0 saturated carbocycles. The molecule has 0 radical (unpaired) electrons. The highest BCUT2D eigenvalue weighted by Crippen LogP contribution is 2.39. The van der Waals surface area contributed by atoms with Gasteiger partial charge in [-0.3, -0.25) is 4.72 Å². The largest absolute Gasteiger partial charge is 0.455 e. The minimum absolute atomic E-state index is 0.00769. The average molecular weight is 582 g/mol. The molecule has 0 spiro atoms. The van der Waals surface area contributed by atoms with Crippen LogP contribution in [0, 0.1) is 5.82 Å². The van der Waals surface area contributed by atoms with E-state index in [1.165, 1.54) is 5.51 Å². The second-order valence-corrected chi connectivity index (χ2v) is 11.1. The van der Waals surface area contributed by atoms with E-state index in [1.54, 1.807) is 30.5 Å². The zero-order valence-corrected chi connectivity index (χ0v) is 22.0. The van der Waals surface area contributed by atoms with Gasteiger partial charge in [0, 0.05) is 49.0 Å². The average Bonchev–Trinajstić information content (AvgIpc) is 3.40. The van der Waals surface area contributed by atoms with Gasteiger partial charge in [0.1, 0.15) is 27.7 Å². The predicted octanol–water partition coefficient (Wildman–Crippen LogP) is 4.44. The second kappa shape index (κ2) is 10.7. The van der Waals surface area contributed by atoms with Crippen LogP contribution in [0.25, 0.3) is 11.3 Å². The summed E-state index contributed by atoms with van der Waals surface area (Å²) in [7, 11) is -4.30. The Hall–Kier alpha value is -3.10. The van der Waals surface area contributed by atoms with Gasteiger partial charge in [0.05, 0.1) is 10.7 Å². The Labute approximate surface area is 225 Å². The van der Waals surface area contributed by atoms with Gasteiger partial charge in [0.15, 0.2) is 0 Å². The predicted molar refractivity (Wildman–Crippen MR) is 140 cm³/mol. The smallest absolute Gasteiger partial charge is 0.266 e. The molecule has 4 aromatic rings. The summed E-state index contributed by atoms with van der Waals surface area (Å²) < 4.78 is 48.3. The number of halogens is 3. The minimum atomic E-state index is -4.30. The van der Waals surface area contributed by atoms with Crippen LogP contribution < -0.4 is 19.7 Å². The highest BCUT2D eigenvalue weighted by Gasteiger charge is 2.24. The quantitative estimate of drug-likeness (QED) is 0.326. The van der Waals surface area contributed by atoms with Crippen molar-refractivity contribution in [1.82, 2.24) is 25.5 Å². The van der Waals surface area contributed by atoms with Crippen LogP contribution in [0.1, 0.15) is 0 Å². The molecule has 10 nitrogen and oxygen atoms in total. The molecule has 1 fully saturated rings. The van der Waals surface area contributed by atoms with Gasteiger partial charge in [0.2, 0.25) is 11.1 Å². The van der Waals surface area contributed by atoms with Gasteiger partial charge < -0.3 is 15.0 Å². The summed E-state index contributed by atoms with van der Waals surface area (Å²) >= 11 is 13.5. The lowest BCUT2D eigenvalue weighted by Crippen LogP contribution is -2.44. The van der Waals surface area contributed by atoms with Crippen molar-refractivity contribution in [3.63, 3.8) is 0 Å². The van der Waals surface area contributed by atoms with Gasteiger partial charge in [-0.05, 0) is 30.3 Å². The number of ether oxygens (including phenoxy) is 1. The number of rotatable bonds is 7. The molecule has 15 heteroatoms. The monoisotopic (exact) mass is 581 g/mol. The van der Waals surface area contributed by atoms with Gasteiger partial charge in [0.25, 0.3) is 10.0 Å². The lowest BCUT2D eigenvalue weighted by atomic mass is 10.1. The number of piperazine rings is 1. The van der Waals surface area contributed by atoms with Gasteiger partial charge in [-0.25, -0.2) is 22.8 Å². The van der Waals surface area contributed by atoms with E-state index in [0.29, 0.717) is 28.0 Å². The fourth-order valence-electron chi connectivity index (χ4n) is 3.61. The van der Waals surface area contributed by atoms with Crippen LogP contribution >= 0.6 is 34.5 Å². The van der Waals surface area contributed by atoms with Gasteiger partial charge in [-0.2, -0.15) is 0 Å². The van der Waals surface area contributed by atoms with Crippen molar-refractivity contribution >= 4 is 55.6 Å². The number of aromatic nitrogens is 4. The lowest BCUT2D eigenvalue weighted by molar-refractivity contribution is 0.475. The van der Waals surface area contributed by atoms with Crippen molar-refractivity contribution in [3.8, 4) is 22.8 Å². The molecule has 3 heterocycles. The SMILES string of the molecule is O=S(=O)(Nc1nncs1)c1cc(Cl)c(Oc2ccc(Cl)cc2-c2ccnc(N3CCNCC3)n2)cc1F. The van der Waals surface area contributed by atoms with Gasteiger partial charge >= 0.3 is 0 Å². The highest BCUT2D eigenvalue weighted by molar-refractivity contribution is 7.93. The number of sulfonamides is 1. The van der Waals surface area contributed by atoms with Gasteiger partial charge in [-0.1, -0.05) is 34.5 Å². The van der Waals surface area contributed by atoms with E-state index in [4.69, 9.17) is 27.9 Å². The molecule has 0 bridgehead atoms. The summed E-state index contributed by atoms with van der Waals surface area (Å²) in [6.07, 6.45) is 1.64. The molecule has 5 rings (SSSR count). The first-order valence-electron chi connectivity index (χ1n) is 10.8. The van der Waals surface area contributed by atoms with E-state index in [-0.39, 0.29) is 15.9 Å². The van der Waals surface area contributed by atoms with Crippen LogP contribution in [-0.2, 0) is 10.0 Å². The molecular weight excluding hydrogens is 564 g/mol. The van der Waals surface area contributed by atoms with Crippen LogP contribution in [0.5, 0.6) is 11.5 Å². The fraction of sp³-hybridized carbons (Fsp3) is 0.182. The Bertz CT molecular complexity index is 1540. The molecule has 2 aromatic carbocycles. The second-order valence-electron chi connectivity index (χ2n) is 7.78. The first-order valence-corrected chi connectivity index (χ1v) is 14.0. The molecule has 0 unspecified atom stereocenters. The third kappa shape index (κ3) is 5.75. The molecule has 1 aliphatic heterocycles. The Morgan fingerprint density at radius 3 is 2.68 bits per heavy atom. The first kappa shape index (κ1) is 25.5. The maximum atomic E-state index is 15.0. The van der Waals surface area contributed by atoms with Gasteiger partial charge in [-0.15, -0.1) is 10.2 Å². The Kier molecular flexibility index (Phi) is 7.40. The fourth-order valence-corrected chi connectivity index (χ4v) is 5.83. The minimum Gasteiger partial charge on any atom is -0.455 e. The van der Waals surface area contributed by atoms with Crippen molar-refractivity contribution < 1.29 is 17.5 Å². The Balaban J connectivity index is 1.46. The van der Waals surface area contributed by atoms with E-state index in [9.17, 15) is 12.8 Å². The van der Waals surface area contributed by atoms with Crippen LogP contribution in [0.2, 0.25) is 10.0 Å². The number of nitrogens with zero attached hydrogens (tertiary/aromatic N) is 5. The zero-order chi connectivity index (χ0) is 26.0. The van der Waals surface area contributed by atoms with Crippen LogP contribution in [0.3, 0.4) is 0 Å². The summed E-state index contributed by atoms with van der Waals surface area (Å²) in [6, 6.07) is 8.45. The molecule has 1 aliphatic rings. The molecule has 1 saturated heterocycles. The number of benzene rings is 2. The topological polar surface area (TPSA) is 122 Å². The van der Waals surface area contributed by atoms with Crippen molar-refractivity contribution in [3.05, 3.63) is 64.0 Å². The number of anilines is 2. The lowest BCUT2D eigenvalue weighted by Gasteiger charge is -2.27. The normalized spacial score (nSPS) is 14.0. The van der Waals surface area contributed by atoms with E-state index in [0.717, 1.165) is 49.6 Å². The van der Waals surface area contributed by atoms with E-state index < -0.39 is 20.7 Å². The highest BCUT2D eigenvalue weighted by atomic mass is 35.5. The molecule has 192 valence electrons. The van der Waals surface area contributed by atoms with E-state index in [1.807, 2.05) is 0 Å². The number of hydrogen-bond acceptors (Lipinski definition) is 10. The molecule has 0 atom stereocenters. The molecule has 2 N–H and O–H groups in total. The van der Waals surface area contributed by atoms with Crippen molar-refractivity contribution in [2.75, 3.05) is 35.8 Å². The third-order valence-corrected chi connectivity index (χ3v) is 7.96. The van der Waals surface area contributed by atoms with Crippen LogP contribution in [0.4, 0.5) is 15.5 Å². The van der Waals surface area contributed by atoms with Crippen molar-refractivity contribution in [1.29, 1.82) is 0 Å². The summed E-state index contributed by atoms with van der Waals surface area (Å²) in [4.78, 5) is 10.5. The summed E-state index contributed by atoms with van der Waals surface area (Å²) in [5.74, 6) is -0.298. The maximum absolute atomic E-state index is 15.0. The molecular formula is C22H18Cl2FN7O3S2. The van der Waals surface area contributed by atoms with Crippen LogP contribution in [-0.4, -0.2) is 54.8 Å². The molecule has 0 aliphatic carbocycles. The Morgan fingerprint density at radius 2 is 1.92 bits per heavy atom. The van der Waals surface area contributed by atoms with Crippen molar-refractivity contribution in [2.24, 2.45) is 0 Å².